The van der Waals surface area contributed by atoms with E-state index >= 15 is 0 Å². The molecular formula is C17H33NO. The van der Waals surface area contributed by atoms with E-state index in [1.54, 1.807) is 0 Å². The first-order valence-corrected chi connectivity index (χ1v) is 8.63. The number of rotatable bonds is 6. The smallest absolute Gasteiger partial charge is 0.0468 e. The van der Waals surface area contributed by atoms with Crippen molar-refractivity contribution in [3.8, 4) is 0 Å². The average Bonchev–Trinajstić information content (AvgIpc) is 2.46. The summed E-state index contributed by atoms with van der Waals surface area (Å²) in [6, 6.07) is 0.454. The molecule has 1 aliphatic heterocycles. The van der Waals surface area contributed by atoms with E-state index in [0.29, 0.717) is 6.04 Å². The molecule has 0 aromatic carbocycles. The monoisotopic (exact) mass is 267 g/mol. The van der Waals surface area contributed by atoms with Gasteiger partial charge >= 0.3 is 0 Å². The molecule has 2 nitrogen and oxygen atoms in total. The summed E-state index contributed by atoms with van der Waals surface area (Å²) in [4.78, 5) is 0. The minimum absolute atomic E-state index is 0.454. The van der Waals surface area contributed by atoms with Gasteiger partial charge in [-0.3, -0.25) is 0 Å². The third-order valence-electron chi connectivity index (χ3n) is 5.41. The number of nitrogens with two attached hydrogens (primary N) is 1. The molecule has 1 aliphatic carbocycles. The van der Waals surface area contributed by atoms with Crippen molar-refractivity contribution in [2.24, 2.45) is 23.5 Å². The normalized spacial score (nSPS) is 31.3. The Morgan fingerprint density at radius 3 is 2.32 bits per heavy atom. The van der Waals surface area contributed by atoms with Crippen LogP contribution in [0.4, 0.5) is 0 Å². The molecule has 0 bridgehead atoms. The van der Waals surface area contributed by atoms with Crippen LogP contribution >= 0.6 is 0 Å². The first-order valence-electron chi connectivity index (χ1n) is 8.63. The predicted octanol–water partition coefficient (Wildman–Crippen LogP) is 4.13. The molecule has 0 aromatic heterocycles. The summed E-state index contributed by atoms with van der Waals surface area (Å²) in [5, 5.41) is 0. The molecule has 1 saturated carbocycles. The van der Waals surface area contributed by atoms with E-state index in [0.717, 1.165) is 31.0 Å². The van der Waals surface area contributed by atoms with Crippen LogP contribution in [0.25, 0.3) is 0 Å². The van der Waals surface area contributed by atoms with Gasteiger partial charge in [-0.1, -0.05) is 39.0 Å². The van der Waals surface area contributed by atoms with E-state index in [4.69, 9.17) is 10.5 Å². The molecule has 0 amide bonds. The van der Waals surface area contributed by atoms with Crippen molar-refractivity contribution >= 4 is 0 Å². The molecule has 0 aromatic rings. The zero-order valence-electron chi connectivity index (χ0n) is 12.8. The molecule has 2 rings (SSSR count). The van der Waals surface area contributed by atoms with Gasteiger partial charge in [-0.2, -0.15) is 0 Å². The Kier molecular flexibility index (Phi) is 6.66. The Balaban J connectivity index is 1.65. The van der Waals surface area contributed by atoms with Gasteiger partial charge < -0.3 is 10.5 Å². The Labute approximate surface area is 119 Å². The van der Waals surface area contributed by atoms with Crippen LogP contribution in [0.3, 0.4) is 0 Å². The van der Waals surface area contributed by atoms with E-state index in [2.05, 4.69) is 6.92 Å². The van der Waals surface area contributed by atoms with Crippen LogP contribution in [-0.2, 0) is 4.74 Å². The van der Waals surface area contributed by atoms with Crippen LogP contribution < -0.4 is 5.73 Å². The second-order valence-electron chi connectivity index (χ2n) is 6.88. The summed E-state index contributed by atoms with van der Waals surface area (Å²) in [5.74, 6) is 2.65. The van der Waals surface area contributed by atoms with E-state index in [1.165, 1.54) is 64.2 Å². The highest BCUT2D eigenvalue weighted by atomic mass is 16.5. The Hall–Kier alpha value is -0.0800. The summed E-state index contributed by atoms with van der Waals surface area (Å²) in [7, 11) is 0. The fourth-order valence-electron chi connectivity index (χ4n) is 3.96. The number of hydrogen-bond donors (Lipinski definition) is 1. The first kappa shape index (κ1) is 15.3. The van der Waals surface area contributed by atoms with E-state index in [9.17, 15) is 0 Å². The lowest BCUT2D eigenvalue weighted by Crippen LogP contribution is -2.36. The molecule has 1 saturated heterocycles. The van der Waals surface area contributed by atoms with Crippen LogP contribution in [0.2, 0.25) is 0 Å². The van der Waals surface area contributed by atoms with Gasteiger partial charge in [0.1, 0.15) is 0 Å². The summed E-state index contributed by atoms with van der Waals surface area (Å²) < 4.78 is 5.44. The molecule has 1 heterocycles. The van der Waals surface area contributed by atoms with Crippen molar-refractivity contribution in [2.75, 3.05) is 13.2 Å². The van der Waals surface area contributed by atoms with E-state index in [-0.39, 0.29) is 0 Å². The van der Waals surface area contributed by atoms with Crippen LogP contribution in [0.5, 0.6) is 0 Å². The molecule has 1 atom stereocenters. The SMILES string of the molecule is CCCCC1CCC(C(N)CC2CCOCC2)CC1. The van der Waals surface area contributed by atoms with Gasteiger partial charge in [0.05, 0.1) is 0 Å². The highest BCUT2D eigenvalue weighted by Gasteiger charge is 2.27. The molecule has 2 N–H and O–H groups in total. The molecular weight excluding hydrogens is 234 g/mol. The Bertz CT molecular complexity index is 229. The van der Waals surface area contributed by atoms with Crippen molar-refractivity contribution in [1.82, 2.24) is 0 Å². The topological polar surface area (TPSA) is 35.2 Å². The summed E-state index contributed by atoms with van der Waals surface area (Å²) in [6.45, 7) is 4.22. The third kappa shape index (κ3) is 5.07. The van der Waals surface area contributed by atoms with E-state index in [1.807, 2.05) is 0 Å². The second kappa shape index (κ2) is 8.26. The third-order valence-corrected chi connectivity index (χ3v) is 5.41. The molecule has 0 radical (unpaired) electrons. The number of hydrogen-bond acceptors (Lipinski definition) is 2. The van der Waals surface area contributed by atoms with Crippen LogP contribution in [0.15, 0.2) is 0 Å². The van der Waals surface area contributed by atoms with Crippen LogP contribution in [0, 0.1) is 17.8 Å². The van der Waals surface area contributed by atoms with Gasteiger partial charge in [-0.05, 0) is 49.9 Å². The molecule has 2 aliphatic rings. The highest BCUT2D eigenvalue weighted by Crippen LogP contribution is 2.35. The number of unbranched alkanes of at least 4 members (excludes halogenated alkanes) is 1. The van der Waals surface area contributed by atoms with Gasteiger partial charge in [0.25, 0.3) is 0 Å². The molecule has 1 unspecified atom stereocenters. The maximum Gasteiger partial charge on any atom is 0.0468 e. The highest BCUT2D eigenvalue weighted by molar-refractivity contribution is 4.82. The maximum atomic E-state index is 6.48. The molecule has 0 spiro atoms. The molecule has 2 fully saturated rings. The van der Waals surface area contributed by atoms with Crippen LogP contribution in [0.1, 0.15) is 71.1 Å². The average molecular weight is 267 g/mol. The largest absolute Gasteiger partial charge is 0.381 e. The van der Waals surface area contributed by atoms with Gasteiger partial charge in [0, 0.05) is 19.3 Å². The van der Waals surface area contributed by atoms with Gasteiger partial charge in [0.15, 0.2) is 0 Å². The van der Waals surface area contributed by atoms with Crippen molar-refractivity contribution in [3.05, 3.63) is 0 Å². The maximum absolute atomic E-state index is 6.48. The standard InChI is InChI=1S/C17H33NO/c1-2-3-4-14-5-7-16(8-6-14)17(18)13-15-9-11-19-12-10-15/h14-17H,2-13,18H2,1H3. The zero-order valence-corrected chi connectivity index (χ0v) is 12.8. The minimum atomic E-state index is 0.454. The lowest BCUT2D eigenvalue weighted by molar-refractivity contribution is 0.0581. The quantitative estimate of drug-likeness (QED) is 0.785. The Morgan fingerprint density at radius 1 is 1.00 bits per heavy atom. The van der Waals surface area contributed by atoms with Crippen molar-refractivity contribution in [1.29, 1.82) is 0 Å². The molecule has 2 heteroatoms. The Morgan fingerprint density at radius 2 is 1.68 bits per heavy atom. The fraction of sp³-hybridized carbons (Fsp3) is 1.00. The summed E-state index contributed by atoms with van der Waals surface area (Å²) in [5.41, 5.74) is 6.48. The molecule has 112 valence electrons. The second-order valence-corrected chi connectivity index (χ2v) is 6.88. The first-order chi connectivity index (χ1) is 9.29. The summed E-state index contributed by atoms with van der Waals surface area (Å²) in [6.07, 6.45) is 13.6. The lowest BCUT2D eigenvalue weighted by atomic mass is 9.75. The fourth-order valence-corrected chi connectivity index (χ4v) is 3.96. The van der Waals surface area contributed by atoms with Crippen molar-refractivity contribution < 1.29 is 4.74 Å². The zero-order chi connectivity index (χ0) is 13.5. The number of ether oxygens (including phenoxy) is 1. The lowest BCUT2D eigenvalue weighted by Gasteiger charge is -2.34. The summed E-state index contributed by atoms with van der Waals surface area (Å²) >= 11 is 0. The van der Waals surface area contributed by atoms with Gasteiger partial charge in [-0.15, -0.1) is 0 Å². The van der Waals surface area contributed by atoms with Crippen molar-refractivity contribution in [3.63, 3.8) is 0 Å². The van der Waals surface area contributed by atoms with E-state index < -0.39 is 0 Å². The molecule has 19 heavy (non-hydrogen) atoms. The van der Waals surface area contributed by atoms with Gasteiger partial charge in [-0.25, -0.2) is 0 Å². The predicted molar refractivity (Wildman–Crippen MR) is 81.1 cm³/mol. The van der Waals surface area contributed by atoms with Crippen LogP contribution in [-0.4, -0.2) is 19.3 Å². The van der Waals surface area contributed by atoms with Gasteiger partial charge in [0.2, 0.25) is 0 Å². The van der Waals surface area contributed by atoms with Crippen molar-refractivity contribution in [2.45, 2.75) is 77.2 Å². The minimum Gasteiger partial charge on any atom is -0.381 e.